The molecule has 0 radical (unpaired) electrons. The zero-order valence-electron chi connectivity index (χ0n) is 14.4. The molecule has 0 saturated heterocycles. The minimum atomic E-state index is -0.352. The predicted molar refractivity (Wildman–Crippen MR) is 103 cm³/mol. The number of nitriles is 1. The molecule has 0 spiro atoms. The number of amides is 1. The van der Waals surface area contributed by atoms with Gasteiger partial charge >= 0.3 is 0 Å². The van der Waals surface area contributed by atoms with E-state index < -0.39 is 0 Å². The summed E-state index contributed by atoms with van der Waals surface area (Å²) in [4.78, 5) is 19.8. The number of anilines is 1. The number of hydrogen-bond donors (Lipinski definition) is 2. The predicted octanol–water partition coefficient (Wildman–Crippen LogP) is 3.94. The number of aromatic amines is 1. The molecule has 7 nitrogen and oxygen atoms in total. The van der Waals surface area contributed by atoms with Gasteiger partial charge in [0.25, 0.3) is 0 Å². The smallest absolute Gasteiger partial charge is 0.232 e. The topological polar surface area (TPSA) is 100 Å². The minimum absolute atomic E-state index is 0.0247. The number of benzene rings is 2. The fourth-order valence-corrected chi connectivity index (χ4v) is 2.88. The lowest BCUT2D eigenvalue weighted by Gasteiger charge is -2.12. The van der Waals surface area contributed by atoms with E-state index in [9.17, 15) is 10.1 Å². The number of ether oxygens (including phenoxy) is 2. The van der Waals surface area contributed by atoms with Crippen LogP contribution in [-0.2, 0) is 11.2 Å². The van der Waals surface area contributed by atoms with Crippen molar-refractivity contribution in [2.45, 2.75) is 6.42 Å². The van der Waals surface area contributed by atoms with Gasteiger partial charge in [0.15, 0.2) is 11.5 Å². The maximum atomic E-state index is 12.4. The van der Waals surface area contributed by atoms with E-state index in [4.69, 9.17) is 32.7 Å². The van der Waals surface area contributed by atoms with Crippen molar-refractivity contribution in [3.05, 3.63) is 45.7 Å². The number of imidazole rings is 1. The molecule has 3 aromatic rings. The Labute approximate surface area is 164 Å². The van der Waals surface area contributed by atoms with Crippen LogP contribution in [0.15, 0.2) is 24.3 Å². The number of rotatable bonds is 5. The summed E-state index contributed by atoms with van der Waals surface area (Å²) in [7, 11) is 2.94. The number of methoxy groups -OCH3 is 2. The van der Waals surface area contributed by atoms with Crippen molar-refractivity contribution in [3.63, 3.8) is 0 Å². The second kappa shape index (κ2) is 7.74. The third kappa shape index (κ3) is 3.92. The number of H-pyrrole nitrogens is 1. The highest BCUT2D eigenvalue weighted by Gasteiger charge is 2.15. The third-order valence-electron chi connectivity index (χ3n) is 3.82. The van der Waals surface area contributed by atoms with E-state index in [0.29, 0.717) is 44.1 Å². The Bertz CT molecular complexity index is 1030. The first-order valence-corrected chi connectivity index (χ1v) is 8.50. The summed E-state index contributed by atoms with van der Waals surface area (Å²) in [6.45, 7) is 0. The maximum absolute atomic E-state index is 12.4. The van der Waals surface area contributed by atoms with Gasteiger partial charge in [-0.15, -0.1) is 0 Å². The lowest BCUT2D eigenvalue weighted by atomic mass is 10.1. The molecule has 0 bridgehead atoms. The lowest BCUT2D eigenvalue weighted by Crippen LogP contribution is -2.16. The summed E-state index contributed by atoms with van der Waals surface area (Å²) in [5.74, 6) is 0.896. The fraction of sp³-hybridized carbons (Fsp3) is 0.167. The van der Waals surface area contributed by atoms with E-state index in [1.807, 2.05) is 6.07 Å². The van der Waals surface area contributed by atoms with Gasteiger partial charge in [-0.2, -0.15) is 5.26 Å². The summed E-state index contributed by atoms with van der Waals surface area (Å²) in [6.07, 6.45) is -0.0247. The summed E-state index contributed by atoms with van der Waals surface area (Å²) < 4.78 is 10.4. The van der Waals surface area contributed by atoms with Crippen LogP contribution < -0.4 is 14.8 Å². The van der Waals surface area contributed by atoms with Crippen LogP contribution in [-0.4, -0.2) is 30.1 Å². The molecule has 0 fully saturated rings. The molecule has 0 atom stereocenters. The van der Waals surface area contributed by atoms with E-state index >= 15 is 0 Å². The molecule has 2 N–H and O–H groups in total. The second-order valence-electron chi connectivity index (χ2n) is 5.56. The van der Waals surface area contributed by atoms with Crippen LogP contribution in [0.5, 0.6) is 11.5 Å². The van der Waals surface area contributed by atoms with E-state index in [1.54, 1.807) is 12.1 Å². The molecule has 1 heterocycles. The number of aromatic nitrogens is 2. The Morgan fingerprint density at radius 3 is 2.52 bits per heavy atom. The first-order chi connectivity index (χ1) is 12.9. The van der Waals surface area contributed by atoms with Crippen LogP contribution in [0.1, 0.15) is 11.4 Å². The van der Waals surface area contributed by atoms with Gasteiger partial charge in [0.1, 0.15) is 11.9 Å². The number of hydrogen-bond acceptors (Lipinski definition) is 5. The van der Waals surface area contributed by atoms with Crippen LogP contribution >= 0.6 is 23.2 Å². The molecule has 0 aliphatic heterocycles. The van der Waals surface area contributed by atoms with E-state index in [2.05, 4.69) is 15.3 Å². The van der Waals surface area contributed by atoms with Gasteiger partial charge in [0, 0.05) is 12.1 Å². The van der Waals surface area contributed by atoms with Gasteiger partial charge < -0.3 is 19.8 Å². The Hall–Kier alpha value is -2.95. The number of carbonyl (C=O) groups excluding carboxylic acids is 1. The molecule has 0 aliphatic rings. The highest BCUT2D eigenvalue weighted by atomic mass is 35.5. The van der Waals surface area contributed by atoms with E-state index in [-0.39, 0.29) is 17.9 Å². The molecule has 9 heteroatoms. The van der Waals surface area contributed by atoms with Crippen LogP contribution in [0, 0.1) is 11.3 Å². The Balaban J connectivity index is 1.83. The van der Waals surface area contributed by atoms with E-state index in [1.165, 1.54) is 26.4 Å². The number of fused-ring (bicyclic) bond motifs is 1. The Kier molecular flexibility index (Phi) is 5.40. The standard InChI is InChI=1S/C18H14Cl2N4O3/c1-26-15-3-9(8-21)12(6-16(15)27-2)24-18(25)7-17-22-13-4-10(19)11(20)5-14(13)23-17/h3-6H,7H2,1-2H3,(H,22,23)(H,24,25). The van der Waals surface area contributed by atoms with Crippen molar-refractivity contribution < 1.29 is 14.3 Å². The van der Waals surface area contributed by atoms with Gasteiger partial charge in [0.2, 0.25) is 5.91 Å². The highest BCUT2D eigenvalue weighted by molar-refractivity contribution is 6.42. The van der Waals surface area contributed by atoms with Crippen molar-refractivity contribution in [1.29, 1.82) is 5.26 Å². The molecule has 1 aromatic heterocycles. The second-order valence-corrected chi connectivity index (χ2v) is 6.37. The first kappa shape index (κ1) is 18.8. The summed E-state index contributed by atoms with van der Waals surface area (Å²) in [5, 5.41) is 12.8. The molecule has 138 valence electrons. The van der Waals surface area contributed by atoms with Crippen LogP contribution in [0.3, 0.4) is 0 Å². The largest absolute Gasteiger partial charge is 0.493 e. The molecule has 27 heavy (non-hydrogen) atoms. The molecule has 0 unspecified atom stereocenters. The van der Waals surface area contributed by atoms with Gasteiger partial charge in [-0.25, -0.2) is 4.98 Å². The first-order valence-electron chi connectivity index (χ1n) is 7.74. The van der Waals surface area contributed by atoms with Crippen molar-refractivity contribution in [2.24, 2.45) is 0 Å². The van der Waals surface area contributed by atoms with Crippen LogP contribution in [0.2, 0.25) is 10.0 Å². The summed E-state index contributed by atoms with van der Waals surface area (Å²) >= 11 is 12.0. The summed E-state index contributed by atoms with van der Waals surface area (Å²) in [5.41, 5.74) is 1.86. The maximum Gasteiger partial charge on any atom is 0.232 e. The average molecular weight is 405 g/mol. The summed E-state index contributed by atoms with van der Waals surface area (Å²) in [6, 6.07) is 8.33. The molecule has 0 aliphatic carbocycles. The molecule has 0 saturated carbocycles. The molecular weight excluding hydrogens is 391 g/mol. The Morgan fingerprint density at radius 1 is 1.19 bits per heavy atom. The number of nitrogens with one attached hydrogen (secondary N) is 2. The average Bonchev–Trinajstić information content (AvgIpc) is 3.02. The van der Waals surface area contributed by atoms with Gasteiger partial charge in [0.05, 0.1) is 53.0 Å². The third-order valence-corrected chi connectivity index (χ3v) is 4.54. The number of carbonyl (C=O) groups is 1. The van der Waals surface area contributed by atoms with Crippen molar-refractivity contribution >= 4 is 45.8 Å². The molecule has 3 rings (SSSR count). The van der Waals surface area contributed by atoms with Gasteiger partial charge in [-0.05, 0) is 12.1 Å². The monoisotopic (exact) mass is 404 g/mol. The normalized spacial score (nSPS) is 10.5. The van der Waals surface area contributed by atoms with Crippen molar-refractivity contribution in [2.75, 3.05) is 19.5 Å². The van der Waals surface area contributed by atoms with Crippen molar-refractivity contribution in [3.8, 4) is 17.6 Å². The number of nitrogens with zero attached hydrogens (tertiary/aromatic N) is 2. The Morgan fingerprint density at radius 2 is 1.85 bits per heavy atom. The molecular formula is C18H14Cl2N4O3. The quantitative estimate of drug-likeness (QED) is 0.670. The molecule has 1 amide bonds. The number of halogens is 2. The zero-order valence-corrected chi connectivity index (χ0v) is 15.9. The van der Waals surface area contributed by atoms with Crippen molar-refractivity contribution in [1.82, 2.24) is 9.97 Å². The zero-order chi connectivity index (χ0) is 19.6. The minimum Gasteiger partial charge on any atom is -0.493 e. The lowest BCUT2D eigenvalue weighted by molar-refractivity contribution is -0.115. The highest BCUT2D eigenvalue weighted by Crippen LogP contribution is 2.33. The SMILES string of the molecule is COc1cc(C#N)c(NC(=O)Cc2nc3cc(Cl)c(Cl)cc3[nH]2)cc1OC. The fourth-order valence-electron chi connectivity index (χ4n) is 2.56. The molecule has 2 aromatic carbocycles. The van der Waals surface area contributed by atoms with Crippen LogP contribution in [0.25, 0.3) is 11.0 Å². The van der Waals surface area contributed by atoms with Gasteiger partial charge in [-0.3, -0.25) is 4.79 Å². The van der Waals surface area contributed by atoms with E-state index in [0.717, 1.165) is 0 Å². The van der Waals surface area contributed by atoms with Crippen LogP contribution in [0.4, 0.5) is 5.69 Å². The van der Waals surface area contributed by atoms with Gasteiger partial charge in [-0.1, -0.05) is 23.2 Å².